The summed E-state index contributed by atoms with van der Waals surface area (Å²) < 4.78 is 4.20. The summed E-state index contributed by atoms with van der Waals surface area (Å²) in [5.74, 6) is 0.505. The van der Waals surface area contributed by atoms with Gasteiger partial charge in [0.05, 0.1) is 5.60 Å². The Morgan fingerprint density at radius 1 is 1.10 bits per heavy atom. The van der Waals surface area contributed by atoms with Crippen molar-refractivity contribution in [3.05, 3.63) is 63.7 Å². The lowest BCUT2D eigenvalue weighted by molar-refractivity contribution is 0.0786. The first-order valence-electron chi connectivity index (χ1n) is 10.3. The zero-order valence-corrected chi connectivity index (χ0v) is 17.9. The lowest BCUT2D eigenvalue weighted by atomic mass is 9.98. The van der Waals surface area contributed by atoms with Gasteiger partial charge in [-0.15, -0.1) is 0 Å². The minimum absolute atomic E-state index is 0.349. The van der Waals surface area contributed by atoms with Gasteiger partial charge in [-0.05, 0) is 96.6 Å². The van der Waals surface area contributed by atoms with Crippen LogP contribution >= 0.6 is 0 Å². The van der Waals surface area contributed by atoms with Crippen molar-refractivity contribution in [2.75, 3.05) is 5.32 Å². The quantitative estimate of drug-likeness (QED) is 0.701. The lowest BCUT2D eigenvalue weighted by Gasteiger charge is -2.17. The van der Waals surface area contributed by atoms with Crippen LogP contribution in [0.25, 0.3) is 0 Å². The molecule has 4 rings (SSSR count). The highest BCUT2D eigenvalue weighted by Crippen LogP contribution is 2.38. The maximum atomic E-state index is 12.6. The van der Waals surface area contributed by atoms with Crippen molar-refractivity contribution in [3.63, 3.8) is 0 Å². The molecule has 0 heterocycles. The number of carbonyl (C=O) groups is 1. The summed E-state index contributed by atoms with van der Waals surface area (Å²) in [4.78, 5) is 12.6. The number of aliphatic hydroxyl groups is 1. The Balaban J connectivity index is 1.48. The van der Waals surface area contributed by atoms with Crippen LogP contribution in [0.15, 0.2) is 34.7 Å². The van der Waals surface area contributed by atoms with Crippen molar-refractivity contribution in [2.24, 2.45) is 9.50 Å². The minimum atomic E-state index is -0.899. The van der Waals surface area contributed by atoms with Crippen molar-refractivity contribution in [1.82, 2.24) is 0 Å². The molecule has 5 nitrogen and oxygen atoms in total. The minimum Gasteiger partial charge on any atom is -0.386 e. The third-order valence-electron chi connectivity index (χ3n) is 5.88. The second-order valence-electron chi connectivity index (χ2n) is 8.56. The van der Waals surface area contributed by atoms with Crippen LogP contribution in [0.5, 0.6) is 0 Å². The number of nitrogens with two attached hydrogens (primary N) is 1. The smallest absolute Gasteiger partial charge is 0.352 e. The van der Waals surface area contributed by atoms with Gasteiger partial charge in [0.2, 0.25) is 0 Å². The van der Waals surface area contributed by atoms with Crippen LogP contribution in [0.2, 0.25) is 0 Å². The number of hydrogen-bond acceptors (Lipinski definition) is 2. The number of rotatable bonds is 4. The summed E-state index contributed by atoms with van der Waals surface area (Å²) in [5, 5.41) is 19.3. The van der Waals surface area contributed by atoms with Gasteiger partial charge in [-0.3, -0.25) is 5.14 Å². The van der Waals surface area contributed by atoms with Gasteiger partial charge in [0.25, 0.3) is 0 Å². The highest BCUT2D eigenvalue weighted by atomic mass is 32.2. The van der Waals surface area contributed by atoms with Crippen molar-refractivity contribution < 1.29 is 9.90 Å². The number of amides is 2. The Morgan fingerprint density at radius 2 is 1.69 bits per heavy atom. The molecule has 154 valence electrons. The van der Waals surface area contributed by atoms with E-state index in [9.17, 15) is 9.90 Å². The monoisotopic (exact) mass is 411 g/mol. The van der Waals surface area contributed by atoms with E-state index in [0.717, 1.165) is 55.3 Å². The number of anilines is 1. The standard InChI is InChI=1S/C23H29N3O2S/c1-23(2,28)18-11-9-15(10-12-18)14-29(24)26-22(27)25-21-19-7-3-5-16(19)13-17-6-4-8-20(17)21/h9-13,28H,3-8,14H2,1-2H3,(H3,24,25,26,27). The summed E-state index contributed by atoms with van der Waals surface area (Å²) in [5.41, 5.74) is 7.36. The Morgan fingerprint density at radius 3 is 2.24 bits per heavy atom. The van der Waals surface area contributed by atoms with Crippen LogP contribution in [-0.2, 0) is 47.9 Å². The summed E-state index contributed by atoms with van der Waals surface area (Å²) in [7, 11) is -0.899. The highest BCUT2D eigenvalue weighted by Gasteiger charge is 2.25. The lowest BCUT2D eigenvalue weighted by Crippen LogP contribution is -2.16. The second-order valence-corrected chi connectivity index (χ2v) is 9.83. The third-order valence-corrected chi connectivity index (χ3v) is 6.91. The Bertz CT molecular complexity index is 943. The van der Waals surface area contributed by atoms with Gasteiger partial charge in [-0.25, -0.2) is 4.79 Å². The number of nitrogens with one attached hydrogen (secondary N) is 1. The van der Waals surface area contributed by atoms with Gasteiger partial charge in [0.15, 0.2) is 0 Å². The normalized spacial score (nSPS) is 16.6. The van der Waals surface area contributed by atoms with Gasteiger partial charge >= 0.3 is 6.03 Å². The molecule has 2 aliphatic carbocycles. The van der Waals surface area contributed by atoms with E-state index >= 15 is 0 Å². The molecule has 1 atom stereocenters. The fraction of sp³-hybridized carbons (Fsp3) is 0.435. The predicted molar refractivity (Wildman–Crippen MR) is 119 cm³/mol. The number of nitrogens with zero attached hydrogens (tertiary/aromatic N) is 1. The largest absolute Gasteiger partial charge is 0.386 e. The molecule has 0 aliphatic heterocycles. The van der Waals surface area contributed by atoms with Crippen molar-refractivity contribution >= 4 is 22.6 Å². The Labute approximate surface area is 174 Å². The van der Waals surface area contributed by atoms with E-state index in [-0.39, 0.29) is 6.03 Å². The maximum Gasteiger partial charge on any atom is 0.352 e. The van der Waals surface area contributed by atoms with E-state index < -0.39 is 16.5 Å². The van der Waals surface area contributed by atoms with Crippen LogP contribution in [0.1, 0.15) is 60.1 Å². The van der Waals surface area contributed by atoms with Gasteiger partial charge in [0.1, 0.15) is 0 Å². The summed E-state index contributed by atoms with van der Waals surface area (Å²) in [6.07, 6.45) is 6.57. The molecule has 0 aromatic heterocycles. The molecule has 1 unspecified atom stereocenters. The van der Waals surface area contributed by atoms with Gasteiger partial charge in [0, 0.05) is 11.4 Å². The molecule has 0 fully saturated rings. The maximum absolute atomic E-state index is 12.6. The van der Waals surface area contributed by atoms with E-state index in [1.807, 2.05) is 24.3 Å². The first-order chi connectivity index (χ1) is 13.8. The van der Waals surface area contributed by atoms with Crippen LogP contribution in [-0.4, -0.2) is 11.1 Å². The molecule has 0 saturated carbocycles. The molecule has 6 heteroatoms. The summed E-state index contributed by atoms with van der Waals surface area (Å²) >= 11 is 0. The Kier molecular flexibility index (Phi) is 5.60. The SMILES string of the molecule is CC(C)(O)c1ccc(C/S(N)=N/C(=O)Nc2c3c(cc4c2CCC4)CCC3)cc1. The van der Waals surface area contributed by atoms with Crippen molar-refractivity contribution in [2.45, 2.75) is 63.7 Å². The molecular weight excluding hydrogens is 382 g/mol. The van der Waals surface area contributed by atoms with E-state index in [1.165, 1.54) is 22.3 Å². The third kappa shape index (κ3) is 4.44. The van der Waals surface area contributed by atoms with Gasteiger partial charge < -0.3 is 10.4 Å². The number of benzene rings is 2. The molecule has 0 saturated heterocycles. The molecule has 0 radical (unpaired) electrons. The van der Waals surface area contributed by atoms with Crippen molar-refractivity contribution in [1.29, 1.82) is 0 Å². The van der Waals surface area contributed by atoms with Crippen LogP contribution in [0.3, 0.4) is 0 Å². The second kappa shape index (κ2) is 8.01. The van der Waals surface area contributed by atoms with Crippen LogP contribution in [0, 0.1) is 0 Å². The zero-order chi connectivity index (χ0) is 20.6. The fourth-order valence-electron chi connectivity index (χ4n) is 4.42. The molecule has 29 heavy (non-hydrogen) atoms. The fourth-order valence-corrected chi connectivity index (χ4v) is 5.27. The summed E-state index contributed by atoms with van der Waals surface area (Å²) in [6.45, 7) is 3.51. The van der Waals surface area contributed by atoms with E-state index in [0.29, 0.717) is 5.75 Å². The van der Waals surface area contributed by atoms with E-state index in [2.05, 4.69) is 15.7 Å². The summed E-state index contributed by atoms with van der Waals surface area (Å²) in [6, 6.07) is 9.65. The predicted octanol–water partition coefficient (Wildman–Crippen LogP) is 4.30. The zero-order valence-electron chi connectivity index (χ0n) is 17.1. The van der Waals surface area contributed by atoms with E-state index in [4.69, 9.17) is 5.14 Å². The number of hydrogen-bond donors (Lipinski definition) is 3. The molecule has 2 aromatic rings. The van der Waals surface area contributed by atoms with Crippen molar-refractivity contribution in [3.8, 4) is 0 Å². The molecule has 2 amide bonds. The molecule has 0 spiro atoms. The number of carbonyl (C=O) groups excluding carboxylic acids is 1. The molecule has 2 aromatic carbocycles. The first kappa shape index (κ1) is 20.3. The molecular formula is C23H29N3O2S. The average molecular weight is 412 g/mol. The topological polar surface area (TPSA) is 87.7 Å². The van der Waals surface area contributed by atoms with Gasteiger partial charge in [-0.2, -0.15) is 4.36 Å². The molecule has 2 aliphatic rings. The molecule has 4 N–H and O–H groups in total. The Hall–Kier alpha value is -2.02. The average Bonchev–Trinajstić information content (AvgIpc) is 3.30. The first-order valence-corrected chi connectivity index (χ1v) is 11.7. The number of urea groups is 1. The number of aryl methyl sites for hydroxylation is 2. The van der Waals surface area contributed by atoms with Crippen LogP contribution in [0.4, 0.5) is 10.5 Å². The van der Waals surface area contributed by atoms with E-state index in [1.54, 1.807) is 13.8 Å². The number of fused-ring (bicyclic) bond motifs is 2. The van der Waals surface area contributed by atoms with Crippen LogP contribution < -0.4 is 10.5 Å². The highest BCUT2D eigenvalue weighted by molar-refractivity contribution is 7.84. The van der Waals surface area contributed by atoms with Gasteiger partial charge in [-0.1, -0.05) is 30.3 Å². The molecule has 0 bridgehead atoms.